The molecule has 0 aliphatic heterocycles. The minimum atomic E-state index is 0. The van der Waals surface area contributed by atoms with Gasteiger partial charge in [0.05, 0.1) is 7.11 Å². The van der Waals surface area contributed by atoms with Gasteiger partial charge < -0.3 is 4.74 Å². The molecular formula is C8H12BrClN2O. The van der Waals surface area contributed by atoms with Crippen molar-refractivity contribution in [3.05, 3.63) is 28.2 Å². The minimum absolute atomic E-state index is 0. The quantitative estimate of drug-likeness (QED) is 0.649. The highest BCUT2D eigenvalue weighted by atomic mass is 79.9. The van der Waals surface area contributed by atoms with Crippen LogP contribution in [0.2, 0.25) is 0 Å². The van der Waals surface area contributed by atoms with Crippen LogP contribution in [0.4, 0.5) is 0 Å². The van der Waals surface area contributed by atoms with Crippen molar-refractivity contribution in [2.45, 2.75) is 6.54 Å². The normalized spacial score (nSPS) is 9.15. The number of hydrogen-bond acceptors (Lipinski definition) is 3. The van der Waals surface area contributed by atoms with E-state index in [4.69, 9.17) is 10.6 Å². The Morgan fingerprint density at radius 2 is 2.23 bits per heavy atom. The molecule has 0 saturated heterocycles. The van der Waals surface area contributed by atoms with Crippen LogP contribution in [0.15, 0.2) is 22.7 Å². The van der Waals surface area contributed by atoms with Crippen LogP contribution in [0.5, 0.6) is 5.75 Å². The molecule has 0 aliphatic carbocycles. The molecule has 0 aliphatic rings. The number of rotatable bonds is 3. The number of hydrogen-bond donors (Lipinski definition) is 2. The molecule has 1 aromatic rings. The highest BCUT2D eigenvalue weighted by molar-refractivity contribution is 9.10. The average molecular weight is 268 g/mol. The molecule has 0 atom stereocenters. The van der Waals surface area contributed by atoms with E-state index in [2.05, 4.69) is 21.4 Å². The summed E-state index contributed by atoms with van der Waals surface area (Å²) in [4.78, 5) is 0. The van der Waals surface area contributed by atoms with Gasteiger partial charge in [-0.1, -0.05) is 22.0 Å². The van der Waals surface area contributed by atoms with E-state index in [0.717, 1.165) is 15.8 Å². The maximum absolute atomic E-state index is 5.23. The molecule has 13 heavy (non-hydrogen) atoms. The molecule has 0 bridgehead atoms. The Bertz CT molecular complexity index is 270. The predicted octanol–water partition coefficient (Wildman–Crippen LogP) is 1.84. The van der Waals surface area contributed by atoms with Gasteiger partial charge in [-0.05, 0) is 12.1 Å². The summed E-state index contributed by atoms with van der Waals surface area (Å²) in [5, 5.41) is 0. The van der Waals surface area contributed by atoms with Crippen LogP contribution in [0.1, 0.15) is 5.56 Å². The summed E-state index contributed by atoms with van der Waals surface area (Å²) in [6, 6.07) is 5.77. The minimum Gasteiger partial charge on any atom is -0.496 e. The van der Waals surface area contributed by atoms with Gasteiger partial charge in [0.15, 0.2) is 0 Å². The maximum atomic E-state index is 5.23. The Hall–Kier alpha value is -0.290. The zero-order chi connectivity index (χ0) is 8.97. The second-order valence-corrected chi connectivity index (χ2v) is 3.16. The van der Waals surface area contributed by atoms with Gasteiger partial charge in [-0.15, -0.1) is 12.4 Å². The Balaban J connectivity index is 0.00000144. The monoisotopic (exact) mass is 266 g/mol. The molecule has 0 aromatic heterocycles. The van der Waals surface area contributed by atoms with Gasteiger partial charge in [0.2, 0.25) is 0 Å². The van der Waals surface area contributed by atoms with Gasteiger partial charge in [-0.2, -0.15) is 0 Å². The third-order valence-electron chi connectivity index (χ3n) is 1.57. The molecule has 0 spiro atoms. The van der Waals surface area contributed by atoms with Gasteiger partial charge in [-0.3, -0.25) is 11.3 Å². The number of halogens is 2. The largest absolute Gasteiger partial charge is 0.496 e. The van der Waals surface area contributed by atoms with Crippen LogP contribution in [0, 0.1) is 0 Å². The van der Waals surface area contributed by atoms with E-state index < -0.39 is 0 Å². The topological polar surface area (TPSA) is 47.3 Å². The van der Waals surface area contributed by atoms with Crippen molar-refractivity contribution in [1.29, 1.82) is 0 Å². The average Bonchev–Trinajstić information content (AvgIpc) is 2.09. The van der Waals surface area contributed by atoms with Crippen molar-refractivity contribution >= 4 is 28.3 Å². The van der Waals surface area contributed by atoms with E-state index in [1.807, 2.05) is 18.2 Å². The van der Waals surface area contributed by atoms with Crippen molar-refractivity contribution in [2.75, 3.05) is 7.11 Å². The molecule has 1 rings (SSSR count). The number of hydrazine groups is 1. The summed E-state index contributed by atoms with van der Waals surface area (Å²) in [5.41, 5.74) is 3.62. The summed E-state index contributed by atoms with van der Waals surface area (Å²) in [5.74, 6) is 6.06. The third-order valence-corrected chi connectivity index (χ3v) is 2.32. The first-order chi connectivity index (χ1) is 5.79. The lowest BCUT2D eigenvalue weighted by Crippen LogP contribution is -2.21. The third kappa shape index (κ3) is 3.15. The van der Waals surface area contributed by atoms with Crippen LogP contribution >= 0.6 is 28.3 Å². The summed E-state index contributed by atoms with van der Waals surface area (Å²) < 4.78 is 6.15. The van der Waals surface area contributed by atoms with Gasteiger partial charge >= 0.3 is 0 Å². The molecule has 0 radical (unpaired) electrons. The van der Waals surface area contributed by atoms with Gasteiger partial charge in [-0.25, -0.2) is 0 Å². The molecule has 74 valence electrons. The summed E-state index contributed by atoms with van der Waals surface area (Å²) in [6.45, 7) is 0.588. The van der Waals surface area contributed by atoms with E-state index in [1.165, 1.54) is 0 Å². The Morgan fingerprint density at radius 3 is 2.77 bits per heavy atom. The zero-order valence-electron chi connectivity index (χ0n) is 7.21. The fraction of sp³-hybridized carbons (Fsp3) is 0.250. The Morgan fingerprint density at radius 1 is 1.54 bits per heavy atom. The zero-order valence-corrected chi connectivity index (χ0v) is 9.61. The van der Waals surface area contributed by atoms with E-state index in [9.17, 15) is 0 Å². The van der Waals surface area contributed by atoms with Gasteiger partial charge in [0.25, 0.3) is 0 Å². The van der Waals surface area contributed by atoms with Crippen molar-refractivity contribution in [2.24, 2.45) is 5.84 Å². The number of benzene rings is 1. The van der Waals surface area contributed by atoms with E-state index in [1.54, 1.807) is 7.11 Å². The molecule has 5 heteroatoms. The van der Waals surface area contributed by atoms with E-state index in [0.29, 0.717) is 6.54 Å². The Labute approximate surface area is 92.2 Å². The lowest BCUT2D eigenvalue weighted by molar-refractivity contribution is 0.407. The number of ether oxygens (including phenoxy) is 1. The first-order valence-corrected chi connectivity index (χ1v) is 4.33. The summed E-state index contributed by atoms with van der Waals surface area (Å²) >= 11 is 3.41. The lowest BCUT2D eigenvalue weighted by Gasteiger charge is -2.09. The fourth-order valence-corrected chi connectivity index (χ4v) is 1.49. The molecule has 1 aromatic carbocycles. The van der Waals surface area contributed by atoms with Crippen molar-refractivity contribution in [3.8, 4) is 5.75 Å². The first-order valence-electron chi connectivity index (χ1n) is 3.54. The van der Waals surface area contributed by atoms with Gasteiger partial charge in [0.1, 0.15) is 5.75 Å². The highest BCUT2D eigenvalue weighted by Gasteiger charge is 2.04. The van der Waals surface area contributed by atoms with Crippen LogP contribution < -0.4 is 16.0 Å². The van der Waals surface area contributed by atoms with Crippen LogP contribution in [-0.4, -0.2) is 7.11 Å². The van der Waals surface area contributed by atoms with Crippen LogP contribution in [0.25, 0.3) is 0 Å². The molecule has 0 saturated carbocycles. The molecular weight excluding hydrogens is 255 g/mol. The molecule has 3 nitrogen and oxygen atoms in total. The molecule has 3 N–H and O–H groups in total. The van der Waals surface area contributed by atoms with E-state index in [-0.39, 0.29) is 12.4 Å². The number of nitrogens with two attached hydrogens (primary N) is 1. The number of nitrogens with one attached hydrogen (secondary N) is 1. The van der Waals surface area contributed by atoms with Crippen molar-refractivity contribution < 1.29 is 4.74 Å². The summed E-state index contributed by atoms with van der Waals surface area (Å²) in [7, 11) is 1.64. The fourth-order valence-electron chi connectivity index (χ4n) is 1.00. The van der Waals surface area contributed by atoms with Crippen molar-refractivity contribution in [3.63, 3.8) is 0 Å². The highest BCUT2D eigenvalue weighted by Crippen LogP contribution is 2.25. The second kappa shape index (κ2) is 6.21. The van der Waals surface area contributed by atoms with E-state index >= 15 is 0 Å². The van der Waals surface area contributed by atoms with Crippen LogP contribution in [-0.2, 0) is 6.54 Å². The van der Waals surface area contributed by atoms with Crippen LogP contribution in [0.3, 0.4) is 0 Å². The molecule has 0 heterocycles. The standard InChI is InChI=1S/C8H11BrN2O.ClH/c1-12-8-4-2-3-7(9)6(8)5-11-10;/h2-4,11H,5,10H2,1H3;1H. The number of methoxy groups -OCH3 is 1. The van der Waals surface area contributed by atoms with Gasteiger partial charge in [0, 0.05) is 16.6 Å². The SMILES string of the molecule is COc1cccc(Br)c1CNN.Cl. The first kappa shape index (κ1) is 12.7. The van der Waals surface area contributed by atoms with Crippen molar-refractivity contribution in [1.82, 2.24) is 5.43 Å². The smallest absolute Gasteiger partial charge is 0.124 e. The summed E-state index contributed by atoms with van der Waals surface area (Å²) in [6.07, 6.45) is 0. The predicted molar refractivity (Wildman–Crippen MR) is 59.0 cm³/mol. The molecule has 0 amide bonds. The maximum Gasteiger partial charge on any atom is 0.124 e. The molecule has 0 unspecified atom stereocenters. The second-order valence-electron chi connectivity index (χ2n) is 2.30. The Kier molecular flexibility index (Phi) is 6.07. The lowest BCUT2D eigenvalue weighted by atomic mass is 10.2. The molecule has 0 fully saturated rings.